The van der Waals surface area contributed by atoms with E-state index in [0.29, 0.717) is 5.92 Å². The third-order valence-corrected chi connectivity index (χ3v) is 5.55. The molecule has 1 aliphatic carbocycles. The molecule has 2 aromatic heterocycles. The van der Waals surface area contributed by atoms with Crippen LogP contribution in [0.2, 0.25) is 0 Å². The molecule has 20 heavy (non-hydrogen) atoms. The van der Waals surface area contributed by atoms with Crippen molar-refractivity contribution < 1.29 is 0 Å². The summed E-state index contributed by atoms with van der Waals surface area (Å²) in [6, 6.07) is 0. The topological polar surface area (TPSA) is 43.3 Å². The Morgan fingerprint density at radius 3 is 2.95 bits per heavy atom. The minimum atomic E-state index is -0.0967. The van der Waals surface area contributed by atoms with Gasteiger partial charge in [-0.25, -0.2) is 4.98 Å². The molecule has 3 nitrogen and oxygen atoms in total. The van der Waals surface area contributed by atoms with E-state index < -0.39 is 0 Å². The Balaban J connectivity index is 1.87. The van der Waals surface area contributed by atoms with Crippen molar-refractivity contribution in [1.82, 2.24) is 9.38 Å². The van der Waals surface area contributed by atoms with Gasteiger partial charge in [-0.1, -0.05) is 33.6 Å². The molecular formula is C16H25N3S. The molecular weight excluding hydrogens is 266 g/mol. The van der Waals surface area contributed by atoms with Crippen LogP contribution in [0.3, 0.4) is 0 Å². The average Bonchev–Trinajstić information content (AvgIpc) is 2.87. The Bertz CT molecular complexity index is 564. The third-order valence-electron chi connectivity index (χ3n) is 4.78. The Labute approximate surface area is 125 Å². The molecule has 2 aromatic rings. The summed E-state index contributed by atoms with van der Waals surface area (Å²) in [5, 5.41) is 2.07. The van der Waals surface area contributed by atoms with Crippen LogP contribution in [0.5, 0.6) is 0 Å². The molecule has 0 radical (unpaired) electrons. The van der Waals surface area contributed by atoms with Crippen molar-refractivity contribution in [3.63, 3.8) is 0 Å². The first-order valence-electron chi connectivity index (χ1n) is 7.58. The summed E-state index contributed by atoms with van der Waals surface area (Å²) in [6.07, 6.45) is 10.1. The Morgan fingerprint density at radius 2 is 2.25 bits per heavy atom. The smallest absolute Gasteiger partial charge is 0.193 e. The Morgan fingerprint density at radius 1 is 1.45 bits per heavy atom. The van der Waals surface area contributed by atoms with Crippen LogP contribution in [-0.4, -0.2) is 14.9 Å². The van der Waals surface area contributed by atoms with Gasteiger partial charge in [-0.3, -0.25) is 4.40 Å². The van der Waals surface area contributed by atoms with E-state index in [9.17, 15) is 0 Å². The number of imidazole rings is 1. The lowest BCUT2D eigenvalue weighted by molar-refractivity contribution is 0.0787. The number of hydrogen-bond acceptors (Lipinski definition) is 3. The molecule has 0 bridgehead atoms. The van der Waals surface area contributed by atoms with Crippen molar-refractivity contribution in [2.24, 2.45) is 17.1 Å². The predicted octanol–water partition coefficient (Wildman–Crippen LogP) is 3.87. The largest absolute Gasteiger partial charge is 0.324 e. The fraction of sp³-hybridized carbons (Fsp3) is 0.688. The fourth-order valence-corrected chi connectivity index (χ4v) is 4.69. The first-order chi connectivity index (χ1) is 9.38. The maximum Gasteiger partial charge on any atom is 0.193 e. The molecule has 2 heterocycles. The number of rotatable bonds is 2. The van der Waals surface area contributed by atoms with Crippen LogP contribution in [-0.2, 0) is 6.42 Å². The van der Waals surface area contributed by atoms with E-state index in [-0.39, 0.29) is 11.0 Å². The normalized spacial score (nSPS) is 28.1. The van der Waals surface area contributed by atoms with Gasteiger partial charge in [0.25, 0.3) is 0 Å². The van der Waals surface area contributed by atoms with Gasteiger partial charge in [0.15, 0.2) is 4.96 Å². The van der Waals surface area contributed by atoms with Crippen LogP contribution in [0, 0.1) is 11.3 Å². The van der Waals surface area contributed by atoms with Gasteiger partial charge >= 0.3 is 0 Å². The summed E-state index contributed by atoms with van der Waals surface area (Å²) in [6.45, 7) is 6.99. The lowest BCUT2D eigenvalue weighted by atomic mass is 9.61. The second-order valence-corrected chi connectivity index (χ2v) is 8.27. The summed E-state index contributed by atoms with van der Waals surface area (Å²) in [7, 11) is 0. The summed E-state index contributed by atoms with van der Waals surface area (Å²) < 4.78 is 2.11. The first-order valence-corrected chi connectivity index (χ1v) is 8.46. The highest BCUT2D eigenvalue weighted by Gasteiger charge is 2.43. The number of nitrogens with zero attached hydrogens (tertiary/aromatic N) is 2. The number of nitrogens with two attached hydrogens (primary N) is 1. The van der Waals surface area contributed by atoms with Gasteiger partial charge in [-0.15, -0.1) is 11.3 Å². The zero-order valence-electron chi connectivity index (χ0n) is 12.7. The van der Waals surface area contributed by atoms with Crippen molar-refractivity contribution in [2.45, 2.75) is 58.4 Å². The quantitative estimate of drug-likeness (QED) is 0.912. The summed E-state index contributed by atoms with van der Waals surface area (Å²) >= 11 is 1.69. The summed E-state index contributed by atoms with van der Waals surface area (Å²) in [5.74, 6) is 0.573. The second-order valence-electron chi connectivity index (χ2n) is 7.40. The molecule has 3 rings (SSSR count). The predicted molar refractivity (Wildman–Crippen MR) is 85.1 cm³/mol. The van der Waals surface area contributed by atoms with Crippen molar-refractivity contribution in [3.8, 4) is 0 Å². The molecule has 2 atom stereocenters. The Kier molecular flexibility index (Phi) is 3.41. The van der Waals surface area contributed by atoms with Crippen LogP contribution in [0.4, 0.5) is 0 Å². The van der Waals surface area contributed by atoms with Crippen LogP contribution >= 0.6 is 11.3 Å². The van der Waals surface area contributed by atoms with E-state index in [2.05, 4.69) is 42.9 Å². The van der Waals surface area contributed by atoms with Gasteiger partial charge in [0.1, 0.15) is 0 Å². The highest BCUT2D eigenvalue weighted by Crippen LogP contribution is 2.44. The minimum Gasteiger partial charge on any atom is -0.324 e. The van der Waals surface area contributed by atoms with Crippen molar-refractivity contribution in [3.05, 3.63) is 23.5 Å². The monoisotopic (exact) mass is 291 g/mol. The molecule has 1 fully saturated rings. The van der Waals surface area contributed by atoms with Crippen LogP contribution in [0.25, 0.3) is 4.96 Å². The molecule has 0 aromatic carbocycles. The van der Waals surface area contributed by atoms with Crippen molar-refractivity contribution in [1.29, 1.82) is 0 Å². The molecule has 1 saturated carbocycles. The van der Waals surface area contributed by atoms with Gasteiger partial charge in [0.2, 0.25) is 0 Å². The zero-order valence-corrected chi connectivity index (χ0v) is 13.5. The average molecular weight is 291 g/mol. The highest BCUT2D eigenvalue weighted by atomic mass is 32.1. The molecule has 2 unspecified atom stereocenters. The highest BCUT2D eigenvalue weighted by molar-refractivity contribution is 7.15. The van der Waals surface area contributed by atoms with E-state index >= 15 is 0 Å². The number of thiazole rings is 1. The van der Waals surface area contributed by atoms with Crippen molar-refractivity contribution in [2.75, 3.05) is 0 Å². The maximum atomic E-state index is 6.87. The van der Waals surface area contributed by atoms with E-state index in [1.807, 2.05) is 0 Å². The molecule has 2 N–H and O–H groups in total. The van der Waals surface area contributed by atoms with E-state index in [4.69, 9.17) is 10.7 Å². The zero-order chi connectivity index (χ0) is 14.4. The van der Waals surface area contributed by atoms with E-state index in [1.165, 1.54) is 19.3 Å². The molecule has 4 heteroatoms. The molecule has 0 aliphatic heterocycles. The molecule has 0 saturated heterocycles. The van der Waals surface area contributed by atoms with Crippen LogP contribution in [0.1, 0.15) is 52.1 Å². The molecule has 0 spiro atoms. The lowest BCUT2D eigenvalue weighted by Crippen LogP contribution is -2.55. The van der Waals surface area contributed by atoms with Gasteiger partial charge in [-0.05, 0) is 24.2 Å². The van der Waals surface area contributed by atoms with Gasteiger partial charge < -0.3 is 5.73 Å². The van der Waals surface area contributed by atoms with E-state index in [0.717, 1.165) is 23.5 Å². The Hall–Kier alpha value is -0.870. The van der Waals surface area contributed by atoms with Gasteiger partial charge in [0, 0.05) is 29.7 Å². The first kappa shape index (κ1) is 14.1. The lowest BCUT2D eigenvalue weighted by Gasteiger charge is -2.48. The maximum absolute atomic E-state index is 6.87. The SMILES string of the molecule is CC(C)(C)C1CCCCC1(N)Cc1cn2ccsc2n1. The number of fused-ring (bicyclic) bond motifs is 1. The van der Waals surface area contributed by atoms with Gasteiger partial charge in [0.05, 0.1) is 5.69 Å². The summed E-state index contributed by atoms with van der Waals surface area (Å²) in [4.78, 5) is 5.81. The van der Waals surface area contributed by atoms with E-state index in [1.54, 1.807) is 11.3 Å². The second kappa shape index (κ2) is 4.85. The molecule has 0 amide bonds. The summed E-state index contributed by atoms with van der Waals surface area (Å²) in [5.41, 5.74) is 8.19. The standard InChI is InChI=1S/C16H25N3S/c1-15(2,3)13-6-4-5-7-16(13,17)10-12-11-19-8-9-20-14(19)18-12/h8-9,11,13H,4-7,10,17H2,1-3H3. The van der Waals surface area contributed by atoms with Crippen LogP contribution < -0.4 is 5.73 Å². The third kappa shape index (κ3) is 2.51. The molecule has 110 valence electrons. The number of aromatic nitrogens is 2. The van der Waals surface area contributed by atoms with Gasteiger partial charge in [-0.2, -0.15) is 0 Å². The van der Waals surface area contributed by atoms with Crippen molar-refractivity contribution >= 4 is 16.3 Å². The fourth-order valence-electron chi connectivity index (χ4n) is 3.97. The molecule has 1 aliphatic rings. The minimum absolute atomic E-state index is 0.0967. The van der Waals surface area contributed by atoms with Crippen LogP contribution in [0.15, 0.2) is 17.8 Å². The number of hydrogen-bond donors (Lipinski definition) is 1.